The molecule has 0 spiro atoms. The van der Waals surface area contributed by atoms with Crippen LogP contribution in [0.5, 0.6) is 0 Å². The molecule has 2 unspecified atom stereocenters. The molecule has 1 aliphatic rings. The van der Waals surface area contributed by atoms with Crippen molar-refractivity contribution in [3.63, 3.8) is 0 Å². The second-order valence-corrected chi connectivity index (χ2v) is 12.1. The SMILES string of the molecule is CN1C=NC(S(=O)(=O)Nc2cc(C(c3cc(F)ccc3F)S(=O)(=O)c3ccc(Cl)cc3)ccn2)C1. The number of sulfonamides is 1. The number of nitrogens with zero attached hydrogens (tertiary/aromatic N) is 3. The highest BCUT2D eigenvalue weighted by atomic mass is 35.5. The number of likely N-dealkylation sites (N-methyl/N-ethyl adjacent to an activating group) is 1. The number of rotatable bonds is 7. The molecule has 0 saturated carbocycles. The standard InChI is InChI=1S/C22H19ClF2N4O4S2/c1-29-12-21(27-13-29)35(32,33)28-20-10-14(8-9-26-20)22(18-11-16(24)4-7-19(18)25)34(30,31)17-5-2-15(23)3-6-17/h2-11,13,21-22H,12H2,1H3,(H,26,28). The summed E-state index contributed by atoms with van der Waals surface area (Å²) in [6, 6.07) is 10.2. The molecule has 4 rings (SSSR count). The Bertz CT molecular complexity index is 1500. The van der Waals surface area contributed by atoms with Crippen molar-refractivity contribution in [2.45, 2.75) is 15.5 Å². The molecule has 0 bridgehead atoms. The normalized spacial score (nSPS) is 16.9. The molecule has 13 heteroatoms. The molecule has 3 aromatic rings. The van der Waals surface area contributed by atoms with Gasteiger partial charge in [0.05, 0.1) is 17.8 Å². The van der Waals surface area contributed by atoms with Crippen LogP contribution in [0.4, 0.5) is 14.6 Å². The van der Waals surface area contributed by atoms with E-state index in [9.17, 15) is 25.6 Å². The summed E-state index contributed by atoms with van der Waals surface area (Å²) in [7, 11) is -6.69. The molecule has 2 atom stereocenters. The van der Waals surface area contributed by atoms with Crippen LogP contribution in [-0.4, -0.2) is 52.0 Å². The van der Waals surface area contributed by atoms with Gasteiger partial charge in [0, 0.05) is 23.8 Å². The Morgan fingerprint density at radius 3 is 2.43 bits per heavy atom. The summed E-state index contributed by atoms with van der Waals surface area (Å²) in [6.45, 7) is 0.122. The van der Waals surface area contributed by atoms with Crippen molar-refractivity contribution in [3.8, 4) is 0 Å². The predicted molar refractivity (Wildman–Crippen MR) is 129 cm³/mol. The van der Waals surface area contributed by atoms with Gasteiger partial charge in [-0.05, 0) is 60.2 Å². The molecule has 8 nitrogen and oxygen atoms in total. The van der Waals surface area contributed by atoms with Crippen LogP contribution >= 0.6 is 11.6 Å². The average molecular weight is 541 g/mol. The predicted octanol–water partition coefficient (Wildman–Crippen LogP) is 3.62. The van der Waals surface area contributed by atoms with Gasteiger partial charge in [-0.25, -0.2) is 30.6 Å². The van der Waals surface area contributed by atoms with E-state index < -0.39 is 47.7 Å². The van der Waals surface area contributed by atoms with E-state index in [1.807, 2.05) is 0 Å². The second kappa shape index (κ2) is 9.51. The fraction of sp³-hybridized carbons (Fsp3) is 0.182. The van der Waals surface area contributed by atoms with Crippen molar-refractivity contribution < 1.29 is 25.6 Å². The Morgan fingerprint density at radius 1 is 1.06 bits per heavy atom. The van der Waals surface area contributed by atoms with Crippen molar-refractivity contribution in [3.05, 3.63) is 88.6 Å². The van der Waals surface area contributed by atoms with E-state index in [-0.39, 0.29) is 22.8 Å². The van der Waals surface area contributed by atoms with Gasteiger partial charge in [-0.15, -0.1) is 0 Å². The third-order valence-electron chi connectivity index (χ3n) is 5.26. The number of hydrogen-bond donors (Lipinski definition) is 1. The topological polar surface area (TPSA) is 109 Å². The maximum Gasteiger partial charge on any atom is 0.258 e. The highest BCUT2D eigenvalue weighted by molar-refractivity contribution is 7.93. The summed E-state index contributed by atoms with van der Waals surface area (Å²) >= 11 is 5.88. The summed E-state index contributed by atoms with van der Waals surface area (Å²) in [5.41, 5.74) is -0.467. The van der Waals surface area contributed by atoms with Gasteiger partial charge in [-0.1, -0.05) is 11.6 Å². The van der Waals surface area contributed by atoms with Gasteiger partial charge in [-0.3, -0.25) is 9.71 Å². The van der Waals surface area contributed by atoms with Crippen LogP contribution in [0.15, 0.2) is 70.7 Å². The van der Waals surface area contributed by atoms with E-state index >= 15 is 0 Å². The molecule has 1 aromatic heterocycles. The minimum atomic E-state index is -4.35. The molecule has 35 heavy (non-hydrogen) atoms. The third kappa shape index (κ3) is 5.29. The number of anilines is 1. The summed E-state index contributed by atoms with van der Waals surface area (Å²) in [5, 5.41) is -2.51. The maximum absolute atomic E-state index is 14.8. The minimum absolute atomic E-state index is 0.0239. The number of sulfone groups is 1. The smallest absolute Gasteiger partial charge is 0.258 e. The third-order valence-corrected chi connectivity index (χ3v) is 9.07. The van der Waals surface area contributed by atoms with Crippen LogP contribution in [0, 0.1) is 11.6 Å². The quantitative estimate of drug-likeness (QED) is 0.490. The summed E-state index contributed by atoms with van der Waals surface area (Å²) in [5.74, 6) is -1.98. The molecule has 0 amide bonds. The Labute approximate surface area is 206 Å². The first-order chi connectivity index (χ1) is 16.5. The second-order valence-electron chi connectivity index (χ2n) is 7.83. The zero-order valence-electron chi connectivity index (χ0n) is 18.1. The van der Waals surface area contributed by atoms with Crippen LogP contribution in [0.25, 0.3) is 0 Å². The Kier molecular flexibility index (Phi) is 6.80. The molecule has 0 aliphatic carbocycles. The number of aliphatic imine (C=N–C) groups is 1. The maximum atomic E-state index is 14.8. The number of nitrogens with one attached hydrogen (secondary N) is 1. The lowest BCUT2D eigenvalue weighted by Crippen LogP contribution is -2.31. The minimum Gasteiger partial charge on any atom is -0.363 e. The number of aromatic nitrogens is 1. The molecule has 1 aliphatic heterocycles. The van der Waals surface area contributed by atoms with Crippen LogP contribution in [0.2, 0.25) is 5.02 Å². The fourth-order valence-electron chi connectivity index (χ4n) is 3.59. The monoisotopic (exact) mass is 540 g/mol. The molecule has 0 saturated heterocycles. The van der Waals surface area contributed by atoms with Gasteiger partial charge in [0.15, 0.2) is 15.2 Å². The molecule has 2 heterocycles. The van der Waals surface area contributed by atoms with E-state index in [0.717, 1.165) is 18.2 Å². The lowest BCUT2D eigenvalue weighted by atomic mass is 10.0. The first kappa shape index (κ1) is 25.0. The molecule has 0 radical (unpaired) electrons. The lowest BCUT2D eigenvalue weighted by Gasteiger charge is -2.20. The highest BCUT2D eigenvalue weighted by Gasteiger charge is 2.34. The van der Waals surface area contributed by atoms with Crippen LogP contribution in [0.1, 0.15) is 16.4 Å². The van der Waals surface area contributed by atoms with E-state index in [2.05, 4.69) is 14.7 Å². The molecule has 184 valence electrons. The van der Waals surface area contributed by atoms with Gasteiger partial charge >= 0.3 is 0 Å². The summed E-state index contributed by atoms with van der Waals surface area (Å²) in [4.78, 5) is 9.29. The fourth-order valence-corrected chi connectivity index (χ4v) is 6.71. The largest absolute Gasteiger partial charge is 0.363 e. The molecular formula is C22H19ClF2N4O4S2. The van der Waals surface area contributed by atoms with Crippen molar-refractivity contribution in [1.29, 1.82) is 0 Å². The van der Waals surface area contributed by atoms with Crippen LogP contribution in [-0.2, 0) is 19.9 Å². The molecule has 0 fully saturated rings. The van der Waals surface area contributed by atoms with Gasteiger partial charge in [0.1, 0.15) is 22.7 Å². The van der Waals surface area contributed by atoms with Crippen LogP contribution < -0.4 is 4.72 Å². The Morgan fingerprint density at radius 2 is 1.77 bits per heavy atom. The highest BCUT2D eigenvalue weighted by Crippen LogP contribution is 2.37. The van der Waals surface area contributed by atoms with Gasteiger partial charge < -0.3 is 4.90 Å². The number of pyridine rings is 1. The van der Waals surface area contributed by atoms with E-state index in [0.29, 0.717) is 5.02 Å². The summed E-state index contributed by atoms with van der Waals surface area (Å²) in [6.07, 6.45) is 2.56. The van der Waals surface area contributed by atoms with E-state index in [1.54, 1.807) is 11.9 Å². The lowest BCUT2D eigenvalue weighted by molar-refractivity contribution is 0.531. The van der Waals surface area contributed by atoms with Crippen molar-refractivity contribution in [1.82, 2.24) is 9.88 Å². The summed E-state index contributed by atoms with van der Waals surface area (Å²) < 4.78 is 83.9. The average Bonchev–Trinajstić information content (AvgIpc) is 3.24. The van der Waals surface area contributed by atoms with E-state index in [1.165, 1.54) is 48.9 Å². The van der Waals surface area contributed by atoms with Gasteiger partial charge in [0.2, 0.25) is 0 Å². The van der Waals surface area contributed by atoms with Gasteiger partial charge in [-0.2, -0.15) is 0 Å². The molecular weight excluding hydrogens is 522 g/mol. The molecule has 1 N–H and O–H groups in total. The Hall–Kier alpha value is -3.09. The van der Waals surface area contributed by atoms with Crippen molar-refractivity contribution in [2.75, 3.05) is 18.3 Å². The van der Waals surface area contributed by atoms with Crippen molar-refractivity contribution >= 4 is 43.6 Å². The number of benzene rings is 2. The zero-order valence-corrected chi connectivity index (χ0v) is 20.5. The number of halogens is 3. The van der Waals surface area contributed by atoms with Crippen molar-refractivity contribution in [2.24, 2.45) is 4.99 Å². The zero-order chi connectivity index (χ0) is 25.4. The molecule has 2 aromatic carbocycles. The van der Waals surface area contributed by atoms with Gasteiger partial charge in [0.25, 0.3) is 10.0 Å². The first-order valence-corrected chi connectivity index (χ1v) is 13.6. The number of hydrogen-bond acceptors (Lipinski definition) is 7. The Balaban J connectivity index is 1.81. The van der Waals surface area contributed by atoms with E-state index in [4.69, 9.17) is 11.6 Å². The first-order valence-electron chi connectivity index (χ1n) is 10.1. The van der Waals surface area contributed by atoms with Crippen LogP contribution in [0.3, 0.4) is 0 Å².